The molecule has 1 aliphatic rings. The van der Waals surface area contributed by atoms with Crippen LogP contribution in [0.25, 0.3) is 6.08 Å². The Hall–Kier alpha value is -2.37. The minimum absolute atomic E-state index is 0.173. The van der Waals surface area contributed by atoms with E-state index in [1.165, 1.54) is 5.01 Å². The molecule has 0 saturated heterocycles. The van der Waals surface area contributed by atoms with Crippen LogP contribution in [0.4, 0.5) is 5.69 Å². The molecule has 2 aromatic carbocycles. The number of hydrogen-bond acceptors (Lipinski definition) is 3. The molecule has 0 atom stereocenters. The van der Waals surface area contributed by atoms with Crippen molar-refractivity contribution in [3.05, 3.63) is 75.8 Å². The van der Waals surface area contributed by atoms with Gasteiger partial charge in [0.2, 0.25) is 0 Å². The van der Waals surface area contributed by atoms with Crippen molar-refractivity contribution in [1.82, 2.24) is 0 Å². The van der Waals surface area contributed by atoms with Gasteiger partial charge < -0.3 is 4.74 Å². The van der Waals surface area contributed by atoms with Crippen LogP contribution in [0.3, 0.4) is 0 Å². The van der Waals surface area contributed by atoms with Crippen molar-refractivity contribution in [3.63, 3.8) is 0 Å². The normalized spacial score (nSPS) is 15.3. The van der Waals surface area contributed by atoms with E-state index < -0.39 is 0 Å². The topological polar surface area (TPSA) is 41.9 Å². The summed E-state index contributed by atoms with van der Waals surface area (Å²) in [6, 6.07) is 12.9. The molecule has 6 heteroatoms. The van der Waals surface area contributed by atoms with Gasteiger partial charge >= 0.3 is 0 Å². The van der Waals surface area contributed by atoms with Gasteiger partial charge in [0, 0.05) is 0 Å². The minimum Gasteiger partial charge on any atom is -0.487 e. The SMILES string of the molecule is C=CCOc1c(Cl)cc(/C=C2/C(=O)N(c3ccccc3)N=C2C)cc1Br. The summed E-state index contributed by atoms with van der Waals surface area (Å²) in [7, 11) is 0. The number of hydrogen-bond donors (Lipinski definition) is 0. The average Bonchev–Trinajstić information content (AvgIpc) is 2.90. The Kier molecular flexibility index (Phi) is 5.59. The molecule has 0 aromatic heterocycles. The number of anilines is 1. The maximum atomic E-state index is 12.8. The van der Waals surface area contributed by atoms with Gasteiger partial charge in [-0.1, -0.05) is 42.5 Å². The summed E-state index contributed by atoms with van der Waals surface area (Å²) in [5.74, 6) is 0.371. The van der Waals surface area contributed by atoms with Crippen molar-refractivity contribution >= 4 is 50.9 Å². The summed E-state index contributed by atoms with van der Waals surface area (Å²) < 4.78 is 6.25. The van der Waals surface area contributed by atoms with E-state index in [0.717, 1.165) is 11.3 Å². The molecule has 1 heterocycles. The highest BCUT2D eigenvalue weighted by atomic mass is 79.9. The van der Waals surface area contributed by atoms with Crippen LogP contribution in [-0.4, -0.2) is 18.2 Å². The fourth-order valence-corrected chi connectivity index (χ4v) is 3.53. The zero-order chi connectivity index (χ0) is 18.7. The van der Waals surface area contributed by atoms with Crippen LogP contribution in [0.5, 0.6) is 5.75 Å². The van der Waals surface area contributed by atoms with Gasteiger partial charge in [-0.15, -0.1) is 0 Å². The van der Waals surface area contributed by atoms with Gasteiger partial charge in [-0.25, -0.2) is 0 Å². The molecule has 0 saturated carbocycles. The Morgan fingerprint density at radius 2 is 2.04 bits per heavy atom. The second kappa shape index (κ2) is 7.89. The lowest BCUT2D eigenvalue weighted by Crippen LogP contribution is -2.21. The molecule has 0 unspecified atom stereocenters. The number of halogens is 2. The first-order valence-electron chi connectivity index (χ1n) is 7.90. The molecule has 26 heavy (non-hydrogen) atoms. The molecular formula is C20H16BrClN2O2. The molecule has 0 aliphatic carbocycles. The minimum atomic E-state index is -0.173. The molecule has 3 rings (SSSR count). The fourth-order valence-electron chi connectivity index (χ4n) is 2.54. The van der Waals surface area contributed by atoms with Crippen molar-refractivity contribution in [3.8, 4) is 5.75 Å². The number of benzene rings is 2. The molecule has 0 fully saturated rings. The van der Waals surface area contributed by atoms with Gasteiger partial charge in [-0.2, -0.15) is 10.1 Å². The van der Waals surface area contributed by atoms with Crippen LogP contribution in [0.1, 0.15) is 12.5 Å². The van der Waals surface area contributed by atoms with E-state index in [0.29, 0.717) is 33.1 Å². The van der Waals surface area contributed by atoms with E-state index in [9.17, 15) is 4.79 Å². The highest BCUT2D eigenvalue weighted by Crippen LogP contribution is 2.35. The Morgan fingerprint density at radius 3 is 2.69 bits per heavy atom. The first kappa shape index (κ1) is 18.4. The van der Waals surface area contributed by atoms with Crippen LogP contribution in [0.2, 0.25) is 5.02 Å². The monoisotopic (exact) mass is 430 g/mol. The van der Waals surface area contributed by atoms with Gasteiger partial charge in [0.15, 0.2) is 5.75 Å². The van der Waals surface area contributed by atoms with E-state index >= 15 is 0 Å². The van der Waals surface area contributed by atoms with Crippen molar-refractivity contribution in [2.45, 2.75) is 6.92 Å². The summed E-state index contributed by atoms with van der Waals surface area (Å²) in [5.41, 5.74) is 2.68. The zero-order valence-electron chi connectivity index (χ0n) is 14.1. The zero-order valence-corrected chi connectivity index (χ0v) is 16.4. The first-order valence-corrected chi connectivity index (χ1v) is 9.08. The molecule has 132 valence electrons. The number of hydrazone groups is 1. The van der Waals surface area contributed by atoms with E-state index in [4.69, 9.17) is 16.3 Å². The lowest BCUT2D eigenvalue weighted by Gasteiger charge is -2.11. The summed E-state index contributed by atoms with van der Waals surface area (Å²) in [4.78, 5) is 12.8. The summed E-state index contributed by atoms with van der Waals surface area (Å²) in [5, 5.41) is 6.23. The predicted octanol–water partition coefficient (Wildman–Crippen LogP) is 5.47. The number of para-hydroxylation sites is 1. The number of amides is 1. The van der Waals surface area contributed by atoms with E-state index in [2.05, 4.69) is 27.6 Å². The maximum Gasteiger partial charge on any atom is 0.280 e. The molecule has 4 nitrogen and oxygen atoms in total. The van der Waals surface area contributed by atoms with Crippen LogP contribution in [-0.2, 0) is 4.79 Å². The van der Waals surface area contributed by atoms with Gasteiger partial charge in [0.1, 0.15) is 6.61 Å². The Morgan fingerprint density at radius 1 is 1.31 bits per heavy atom. The third-order valence-electron chi connectivity index (χ3n) is 3.74. The van der Waals surface area contributed by atoms with Crippen LogP contribution < -0.4 is 9.75 Å². The quantitative estimate of drug-likeness (QED) is 0.465. The molecule has 1 amide bonds. The standard InChI is InChI=1S/C20H16BrClN2O2/c1-3-9-26-19-17(21)11-14(12-18(19)22)10-16-13(2)23-24(20(16)25)15-7-5-4-6-8-15/h3-8,10-12H,1,9H2,2H3/b16-10+. The van der Waals surface area contributed by atoms with Crippen molar-refractivity contribution < 1.29 is 9.53 Å². The summed E-state index contributed by atoms with van der Waals surface area (Å²) >= 11 is 9.77. The third-order valence-corrected chi connectivity index (χ3v) is 4.61. The van der Waals surface area contributed by atoms with E-state index in [1.807, 2.05) is 43.3 Å². The highest BCUT2D eigenvalue weighted by molar-refractivity contribution is 9.10. The largest absolute Gasteiger partial charge is 0.487 e. The van der Waals surface area contributed by atoms with Crippen LogP contribution in [0.15, 0.2) is 70.3 Å². The molecular weight excluding hydrogens is 416 g/mol. The Bertz CT molecular complexity index is 900. The predicted molar refractivity (Wildman–Crippen MR) is 110 cm³/mol. The lowest BCUT2D eigenvalue weighted by atomic mass is 10.1. The number of carbonyl (C=O) groups excluding carboxylic acids is 1. The molecule has 0 spiro atoms. The molecule has 0 N–H and O–H groups in total. The van der Waals surface area contributed by atoms with Crippen molar-refractivity contribution in [1.29, 1.82) is 0 Å². The summed E-state index contributed by atoms with van der Waals surface area (Å²) in [6.07, 6.45) is 3.42. The highest BCUT2D eigenvalue weighted by Gasteiger charge is 2.28. The van der Waals surface area contributed by atoms with Crippen LogP contribution in [0, 0.1) is 0 Å². The average molecular weight is 432 g/mol. The van der Waals surface area contributed by atoms with E-state index in [-0.39, 0.29) is 5.91 Å². The third kappa shape index (κ3) is 3.74. The molecule has 0 bridgehead atoms. The Balaban J connectivity index is 1.92. The van der Waals surface area contributed by atoms with Gasteiger partial charge in [0.05, 0.1) is 26.5 Å². The molecule has 0 radical (unpaired) electrons. The number of nitrogens with zero attached hydrogens (tertiary/aromatic N) is 2. The smallest absolute Gasteiger partial charge is 0.280 e. The van der Waals surface area contributed by atoms with Gasteiger partial charge in [-0.3, -0.25) is 4.79 Å². The van der Waals surface area contributed by atoms with Gasteiger partial charge in [0.25, 0.3) is 5.91 Å². The van der Waals surface area contributed by atoms with Crippen molar-refractivity contribution in [2.75, 3.05) is 11.6 Å². The number of ether oxygens (including phenoxy) is 1. The second-order valence-corrected chi connectivity index (χ2v) is 6.87. The first-order chi connectivity index (χ1) is 12.5. The van der Waals surface area contributed by atoms with Gasteiger partial charge in [-0.05, 0) is 58.8 Å². The summed E-state index contributed by atoms with van der Waals surface area (Å²) in [6.45, 7) is 5.79. The maximum absolute atomic E-state index is 12.8. The molecule has 1 aliphatic heterocycles. The van der Waals surface area contributed by atoms with Crippen molar-refractivity contribution in [2.24, 2.45) is 5.10 Å². The Labute approximate surface area is 165 Å². The fraction of sp³-hybridized carbons (Fsp3) is 0.100. The second-order valence-electron chi connectivity index (χ2n) is 5.61. The van der Waals surface area contributed by atoms with Crippen LogP contribution >= 0.6 is 27.5 Å². The van der Waals surface area contributed by atoms with E-state index in [1.54, 1.807) is 18.2 Å². The number of rotatable bonds is 5. The number of carbonyl (C=O) groups is 1. The molecule has 2 aromatic rings. The lowest BCUT2D eigenvalue weighted by molar-refractivity contribution is -0.114.